The van der Waals surface area contributed by atoms with E-state index in [2.05, 4.69) is 10.5 Å². The van der Waals surface area contributed by atoms with Gasteiger partial charge in [0.15, 0.2) is 0 Å². The molecule has 0 fully saturated rings. The molecule has 1 atom stereocenters. The second kappa shape index (κ2) is 10.5. The molecule has 0 saturated carbocycles. The van der Waals surface area contributed by atoms with E-state index in [1.165, 1.54) is 0 Å². The van der Waals surface area contributed by atoms with Gasteiger partial charge in [-0.05, 0) is 57.0 Å². The van der Waals surface area contributed by atoms with Gasteiger partial charge in [-0.1, -0.05) is 35.0 Å². The number of hydrogen-bond donors (Lipinski definition) is 1. The number of methoxy groups -OCH3 is 1. The Morgan fingerprint density at radius 3 is 2.50 bits per heavy atom. The molecular formula is C26H30N4O4. The standard InChI is InChI=1S/C26H30N4O4/c1-5-33-21-13-11-20(12-14-21)24-28-25(34-29-24)22-18(3)30(15-6-16-32-4)26(31)27-23(22)19-9-7-17(2)8-10-19/h7-14,23H,5-6,15-16H2,1-4H3,(H,27,31). The van der Waals surface area contributed by atoms with Crippen LogP contribution in [0, 0.1) is 6.92 Å². The van der Waals surface area contributed by atoms with Crippen molar-refractivity contribution in [2.45, 2.75) is 33.2 Å². The predicted molar refractivity (Wildman–Crippen MR) is 129 cm³/mol. The quantitative estimate of drug-likeness (QED) is 0.451. The van der Waals surface area contributed by atoms with Crippen LogP contribution >= 0.6 is 0 Å². The molecule has 0 radical (unpaired) electrons. The van der Waals surface area contributed by atoms with Gasteiger partial charge >= 0.3 is 6.03 Å². The van der Waals surface area contributed by atoms with Crippen LogP contribution in [0.25, 0.3) is 17.0 Å². The van der Waals surface area contributed by atoms with Crippen LogP contribution in [-0.4, -0.2) is 47.9 Å². The third-order valence-electron chi connectivity index (χ3n) is 5.82. The van der Waals surface area contributed by atoms with Crippen LogP contribution in [-0.2, 0) is 4.74 Å². The summed E-state index contributed by atoms with van der Waals surface area (Å²) in [6, 6.07) is 15.1. The average Bonchev–Trinajstić information content (AvgIpc) is 3.32. The molecule has 0 bridgehead atoms. The zero-order valence-corrected chi connectivity index (χ0v) is 20.0. The molecule has 178 valence electrons. The van der Waals surface area contributed by atoms with E-state index in [1.54, 1.807) is 12.0 Å². The lowest BCUT2D eigenvalue weighted by Crippen LogP contribution is -2.46. The Labute approximate surface area is 199 Å². The molecule has 0 spiro atoms. The molecule has 34 heavy (non-hydrogen) atoms. The summed E-state index contributed by atoms with van der Waals surface area (Å²) < 4.78 is 16.4. The van der Waals surface area contributed by atoms with E-state index in [0.29, 0.717) is 37.9 Å². The fourth-order valence-electron chi connectivity index (χ4n) is 4.02. The first-order valence-electron chi connectivity index (χ1n) is 11.4. The number of aromatic nitrogens is 2. The summed E-state index contributed by atoms with van der Waals surface area (Å²) in [4.78, 5) is 19.4. The number of nitrogens with zero attached hydrogens (tertiary/aromatic N) is 3. The number of carbonyl (C=O) groups excluding carboxylic acids is 1. The van der Waals surface area contributed by atoms with Crippen LogP contribution in [0.1, 0.15) is 43.3 Å². The van der Waals surface area contributed by atoms with Crippen LogP contribution in [0.3, 0.4) is 0 Å². The minimum absolute atomic E-state index is 0.158. The molecule has 2 heterocycles. The van der Waals surface area contributed by atoms with Gasteiger partial charge in [0, 0.05) is 31.5 Å². The van der Waals surface area contributed by atoms with Crippen molar-refractivity contribution in [3.63, 3.8) is 0 Å². The minimum Gasteiger partial charge on any atom is -0.494 e. The summed E-state index contributed by atoms with van der Waals surface area (Å²) in [5.74, 6) is 1.64. The number of amides is 2. The van der Waals surface area contributed by atoms with Gasteiger partial charge in [-0.25, -0.2) is 4.79 Å². The fraction of sp³-hybridized carbons (Fsp3) is 0.346. The summed E-state index contributed by atoms with van der Waals surface area (Å²) >= 11 is 0. The maximum absolute atomic E-state index is 13.0. The molecule has 8 nitrogen and oxygen atoms in total. The van der Waals surface area contributed by atoms with Crippen molar-refractivity contribution in [3.8, 4) is 17.1 Å². The first-order chi connectivity index (χ1) is 16.5. The van der Waals surface area contributed by atoms with Crippen molar-refractivity contribution in [2.24, 2.45) is 0 Å². The monoisotopic (exact) mass is 462 g/mol. The van der Waals surface area contributed by atoms with Crippen molar-refractivity contribution < 1.29 is 18.8 Å². The van der Waals surface area contributed by atoms with E-state index in [0.717, 1.165) is 33.7 Å². The first-order valence-corrected chi connectivity index (χ1v) is 11.4. The lowest BCUT2D eigenvalue weighted by atomic mass is 9.94. The average molecular weight is 463 g/mol. The molecule has 3 aromatic rings. The molecule has 2 amide bonds. The van der Waals surface area contributed by atoms with E-state index < -0.39 is 6.04 Å². The molecule has 8 heteroatoms. The third kappa shape index (κ3) is 4.97. The van der Waals surface area contributed by atoms with E-state index in [9.17, 15) is 4.79 Å². The zero-order valence-electron chi connectivity index (χ0n) is 20.0. The third-order valence-corrected chi connectivity index (χ3v) is 5.82. The molecule has 4 rings (SSSR count). The van der Waals surface area contributed by atoms with Gasteiger partial charge in [0.1, 0.15) is 5.75 Å². The van der Waals surface area contributed by atoms with Gasteiger partial charge in [0.25, 0.3) is 5.89 Å². The van der Waals surface area contributed by atoms with Gasteiger partial charge in [0.2, 0.25) is 5.82 Å². The first kappa shape index (κ1) is 23.5. The summed E-state index contributed by atoms with van der Waals surface area (Å²) in [7, 11) is 1.65. The van der Waals surface area contributed by atoms with Crippen LogP contribution in [0.5, 0.6) is 5.75 Å². The highest BCUT2D eigenvalue weighted by molar-refractivity contribution is 5.86. The van der Waals surface area contributed by atoms with Crippen LogP contribution < -0.4 is 10.1 Å². The highest BCUT2D eigenvalue weighted by Gasteiger charge is 2.35. The van der Waals surface area contributed by atoms with Gasteiger partial charge in [-0.3, -0.25) is 4.90 Å². The number of allylic oxidation sites excluding steroid dienone is 1. The normalized spacial score (nSPS) is 16.1. The van der Waals surface area contributed by atoms with Gasteiger partial charge in [-0.15, -0.1) is 0 Å². The minimum atomic E-state index is -0.402. The van der Waals surface area contributed by atoms with Gasteiger partial charge in [-0.2, -0.15) is 4.98 Å². The number of urea groups is 1. The maximum Gasteiger partial charge on any atom is 0.322 e. The Bertz CT molecular complexity index is 1150. The molecule has 1 aliphatic rings. The van der Waals surface area contributed by atoms with Crippen LogP contribution in [0.2, 0.25) is 0 Å². The van der Waals surface area contributed by atoms with Crippen molar-refractivity contribution in [1.82, 2.24) is 20.4 Å². The second-order valence-corrected chi connectivity index (χ2v) is 8.17. The Kier molecular flexibility index (Phi) is 7.27. The number of carbonyl (C=O) groups is 1. The Hall–Kier alpha value is -3.65. The Morgan fingerprint density at radius 1 is 1.09 bits per heavy atom. The smallest absolute Gasteiger partial charge is 0.322 e. The van der Waals surface area contributed by atoms with Gasteiger partial charge in [0.05, 0.1) is 18.2 Å². The number of aryl methyl sites for hydroxylation is 1. The summed E-state index contributed by atoms with van der Waals surface area (Å²) in [6.07, 6.45) is 0.713. The number of ether oxygens (including phenoxy) is 2. The summed E-state index contributed by atoms with van der Waals surface area (Å²) in [6.45, 7) is 7.59. The van der Waals surface area contributed by atoms with E-state index in [1.807, 2.05) is 69.3 Å². The summed E-state index contributed by atoms with van der Waals surface area (Å²) in [5, 5.41) is 7.34. The molecule has 2 aromatic carbocycles. The number of hydrogen-bond acceptors (Lipinski definition) is 6. The molecule has 1 aromatic heterocycles. The lowest BCUT2D eigenvalue weighted by molar-refractivity contribution is 0.174. The topological polar surface area (TPSA) is 89.7 Å². The molecule has 0 aliphatic carbocycles. The van der Waals surface area contributed by atoms with Crippen LogP contribution in [0.4, 0.5) is 4.79 Å². The number of nitrogens with one attached hydrogen (secondary N) is 1. The van der Waals surface area contributed by atoms with E-state index in [4.69, 9.17) is 19.0 Å². The predicted octanol–water partition coefficient (Wildman–Crippen LogP) is 4.98. The van der Waals surface area contributed by atoms with E-state index in [-0.39, 0.29) is 6.03 Å². The lowest BCUT2D eigenvalue weighted by Gasteiger charge is -2.35. The van der Waals surface area contributed by atoms with Gasteiger partial charge < -0.3 is 19.3 Å². The summed E-state index contributed by atoms with van der Waals surface area (Å²) in [5.41, 5.74) is 4.48. The van der Waals surface area contributed by atoms with Crippen molar-refractivity contribution in [1.29, 1.82) is 0 Å². The molecular weight excluding hydrogens is 432 g/mol. The molecule has 1 N–H and O–H groups in total. The number of rotatable bonds is 9. The zero-order chi connectivity index (χ0) is 24.1. The Balaban J connectivity index is 1.72. The molecule has 1 unspecified atom stereocenters. The highest BCUT2D eigenvalue weighted by atomic mass is 16.5. The van der Waals surface area contributed by atoms with Crippen molar-refractivity contribution >= 4 is 11.6 Å². The largest absolute Gasteiger partial charge is 0.494 e. The van der Waals surface area contributed by atoms with Crippen molar-refractivity contribution in [3.05, 3.63) is 71.2 Å². The van der Waals surface area contributed by atoms with E-state index >= 15 is 0 Å². The SMILES string of the molecule is CCOc1ccc(-c2noc(C3=C(C)N(CCCOC)C(=O)NC3c3ccc(C)cc3)n2)cc1. The maximum atomic E-state index is 13.0. The molecule has 1 aliphatic heterocycles. The molecule has 0 saturated heterocycles. The van der Waals surface area contributed by atoms with Crippen LogP contribution in [0.15, 0.2) is 58.8 Å². The highest BCUT2D eigenvalue weighted by Crippen LogP contribution is 2.37. The Morgan fingerprint density at radius 2 is 1.82 bits per heavy atom. The van der Waals surface area contributed by atoms with Crippen molar-refractivity contribution in [2.75, 3.05) is 26.9 Å². The fourth-order valence-corrected chi connectivity index (χ4v) is 4.02. The second-order valence-electron chi connectivity index (χ2n) is 8.17. The number of benzene rings is 2.